The van der Waals surface area contributed by atoms with Crippen molar-refractivity contribution in [2.24, 2.45) is 0 Å². The molecular formula is C17H13N3O2. The number of benzene rings is 1. The summed E-state index contributed by atoms with van der Waals surface area (Å²) in [7, 11) is 0. The number of rotatable bonds is 2. The van der Waals surface area contributed by atoms with Gasteiger partial charge in [-0.15, -0.1) is 0 Å². The molecule has 0 atom stereocenters. The Morgan fingerprint density at radius 3 is 2.77 bits per heavy atom. The Hall–Kier alpha value is -2.95. The third kappa shape index (κ3) is 2.16. The van der Waals surface area contributed by atoms with Crippen molar-refractivity contribution in [3.05, 3.63) is 71.7 Å². The fraction of sp³-hybridized carbons (Fsp3) is 0.118. The van der Waals surface area contributed by atoms with Gasteiger partial charge in [-0.25, -0.2) is 0 Å². The maximum absolute atomic E-state index is 12.5. The quantitative estimate of drug-likeness (QED) is 0.728. The molecule has 0 fully saturated rings. The largest absolute Gasteiger partial charge is 0.355 e. The smallest absolute Gasteiger partial charge is 0.276 e. The average Bonchev–Trinajstić information content (AvgIpc) is 3.22. The Morgan fingerprint density at radius 1 is 1.09 bits per heavy atom. The topological polar surface area (TPSA) is 59.2 Å². The van der Waals surface area contributed by atoms with Gasteiger partial charge in [-0.1, -0.05) is 41.6 Å². The number of hydrogen-bond donors (Lipinski definition) is 0. The second-order valence-electron chi connectivity index (χ2n) is 5.21. The van der Waals surface area contributed by atoms with Crippen LogP contribution in [0.2, 0.25) is 0 Å². The predicted octanol–water partition coefficient (Wildman–Crippen LogP) is 2.89. The summed E-state index contributed by atoms with van der Waals surface area (Å²) in [6.45, 7) is 1.08. The fourth-order valence-electron chi connectivity index (χ4n) is 2.62. The molecule has 0 radical (unpaired) electrons. The molecule has 5 nitrogen and oxygen atoms in total. The van der Waals surface area contributed by atoms with Gasteiger partial charge in [-0.3, -0.25) is 9.78 Å². The second-order valence-corrected chi connectivity index (χ2v) is 5.21. The van der Waals surface area contributed by atoms with E-state index in [1.807, 2.05) is 42.5 Å². The number of amides is 1. The molecule has 5 heteroatoms. The SMILES string of the molecule is O=C(c1cc(-c2ccccc2)on1)N1Cc2cccnc2C1. The van der Waals surface area contributed by atoms with Crippen LogP contribution >= 0.6 is 0 Å². The van der Waals surface area contributed by atoms with Crippen molar-refractivity contribution in [1.29, 1.82) is 0 Å². The highest BCUT2D eigenvalue weighted by molar-refractivity contribution is 5.93. The summed E-state index contributed by atoms with van der Waals surface area (Å²) in [4.78, 5) is 18.6. The van der Waals surface area contributed by atoms with E-state index in [0.717, 1.165) is 16.8 Å². The standard InChI is InChI=1S/C17H13N3O2/c21-17(20-10-13-7-4-8-18-15(13)11-20)14-9-16(22-19-14)12-5-2-1-3-6-12/h1-9H,10-11H2. The lowest BCUT2D eigenvalue weighted by molar-refractivity contribution is 0.0740. The molecule has 22 heavy (non-hydrogen) atoms. The van der Waals surface area contributed by atoms with E-state index in [2.05, 4.69) is 10.1 Å². The molecule has 0 bridgehead atoms. The Kier molecular flexibility index (Phi) is 2.96. The van der Waals surface area contributed by atoms with Crippen LogP contribution in [0, 0.1) is 0 Å². The van der Waals surface area contributed by atoms with Gasteiger partial charge in [0.2, 0.25) is 0 Å². The van der Waals surface area contributed by atoms with E-state index in [4.69, 9.17) is 4.52 Å². The first kappa shape index (κ1) is 12.8. The van der Waals surface area contributed by atoms with Gasteiger partial charge in [-0.2, -0.15) is 0 Å². The van der Waals surface area contributed by atoms with Crippen LogP contribution in [0.5, 0.6) is 0 Å². The number of fused-ring (bicyclic) bond motifs is 1. The lowest BCUT2D eigenvalue weighted by Crippen LogP contribution is -2.25. The van der Waals surface area contributed by atoms with Crippen molar-refractivity contribution in [2.75, 3.05) is 0 Å². The Morgan fingerprint density at radius 2 is 1.95 bits per heavy atom. The number of carbonyl (C=O) groups is 1. The zero-order chi connectivity index (χ0) is 14.9. The molecule has 0 aliphatic carbocycles. The minimum absolute atomic E-state index is 0.135. The summed E-state index contributed by atoms with van der Waals surface area (Å²) >= 11 is 0. The van der Waals surface area contributed by atoms with Gasteiger partial charge in [0, 0.05) is 24.4 Å². The normalized spacial score (nSPS) is 13.2. The van der Waals surface area contributed by atoms with E-state index in [1.54, 1.807) is 17.2 Å². The minimum atomic E-state index is -0.135. The first-order chi connectivity index (χ1) is 10.8. The third-order valence-corrected chi connectivity index (χ3v) is 3.76. The van der Waals surface area contributed by atoms with Gasteiger partial charge in [0.25, 0.3) is 5.91 Å². The molecule has 1 aliphatic rings. The number of pyridine rings is 1. The first-order valence-electron chi connectivity index (χ1n) is 7.05. The molecule has 3 heterocycles. The van der Waals surface area contributed by atoms with Crippen molar-refractivity contribution >= 4 is 5.91 Å². The molecule has 1 amide bonds. The van der Waals surface area contributed by atoms with E-state index in [-0.39, 0.29) is 5.91 Å². The molecule has 3 aromatic rings. The van der Waals surface area contributed by atoms with Crippen LogP contribution in [0.3, 0.4) is 0 Å². The highest BCUT2D eigenvalue weighted by Gasteiger charge is 2.27. The lowest BCUT2D eigenvalue weighted by atomic mass is 10.1. The fourth-order valence-corrected chi connectivity index (χ4v) is 2.62. The van der Waals surface area contributed by atoms with Gasteiger partial charge in [0.1, 0.15) is 0 Å². The molecule has 2 aromatic heterocycles. The van der Waals surface area contributed by atoms with E-state index in [9.17, 15) is 4.79 Å². The molecule has 0 saturated carbocycles. The number of carbonyl (C=O) groups excluding carboxylic acids is 1. The van der Waals surface area contributed by atoms with Crippen LogP contribution in [-0.2, 0) is 13.1 Å². The zero-order valence-electron chi connectivity index (χ0n) is 11.8. The highest BCUT2D eigenvalue weighted by Crippen LogP contribution is 2.24. The summed E-state index contributed by atoms with van der Waals surface area (Å²) in [5.74, 6) is 0.461. The van der Waals surface area contributed by atoms with Crippen molar-refractivity contribution in [1.82, 2.24) is 15.0 Å². The summed E-state index contributed by atoms with van der Waals surface area (Å²) in [5, 5.41) is 3.91. The lowest BCUT2D eigenvalue weighted by Gasteiger charge is -2.12. The monoisotopic (exact) mass is 291 g/mol. The number of nitrogens with zero attached hydrogens (tertiary/aromatic N) is 3. The van der Waals surface area contributed by atoms with E-state index >= 15 is 0 Å². The van der Waals surface area contributed by atoms with E-state index in [1.165, 1.54) is 0 Å². The molecule has 1 aliphatic heterocycles. The Bertz CT molecular complexity index is 802. The van der Waals surface area contributed by atoms with E-state index in [0.29, 0.717) is 24.5 Å². The summed E-state index contributed by atoms with van der Waals surface area (Å²) in [6, 6.07) is 15.2. The third-order valence-electron chi connectivity index (χ3n) is 3.76. The summed E-state index contributed by atoms with van der Waals surface area (Å²) in [5.41, 5.74) is 3.26. The molecule has 4 rings (SSSR count). The van der Waals surface area contributed by atoms with Crippen molar-refractivity contribution in [3.63, 3.8) is 0 Å². The molecule has 0 spiro atoms. The average molecular weight is 291 g/mol. The maximum atomic E-state index is 12.5. The second kappa shape index (κ2) is 5.11. The summed E-state index contributed by atoms with van der Waals surface area (Å²) in [6.07, 6.45) is 1.75. The van der Waals surface area contributed by atoms with Crippen molar-refractivity contribution < 1.29 is 9.32 Å². The molecular weight excluding hydrogens is 278 g/mol. The molecule has 1 aromatic carbocycles. The molecule has 0 unspecified atom stereocenters. The highest BCUT2D eigenvalue weighted by atomic mass is 16.5. The van der Waals surface area contributed by atoms with Crippen LogP contribution in [-0.4, -0.2) is 20.9 Å². The van der Waals surface area contributed by atoms with Crippen LogP contribution in [0.1, 0.15) is 21.7 Å². The first-order valence-corrected chi connectivity index (χ1v) is 7.05. The summed E-state index contributed by atoms with van der Waals surface area (Å²) < 4.78 is 5.30. The van der Waals surface area contributed by atoms with E-state index < -0.39 is 0 Å². The van der Waals surface area contributed by atoms with Crippen molar-refractivity contribution in [2.45, 2.75) is 13.1 Å². The van der Waals surface area contributed by atoms with Gasteiger partial charge >= 0.3 is 0 Å². The number of hydrogen-bond acceptors (Lipinski definition) is 4. The number of aromatic nitrogens is 2. The van der Waals surface area contributed by atoms with Crippen LogP contribution in [0.25, 0.3) is 11.3 Å². The van der Waals surface area contributed by atoms with Gasteiger partial charge in [-0.05, 0) is 11.6 Å². The van der Waals surface area contributed by atoms with Crippen molar-refractivity contribution in [3.8, 4) is 11.3 Å². The zero-order valence-corrected chi connectivity index (χ0v) is 11.8. The Labute approximate surface area is 127 Å². The van der Waals surface area contributed by atoms with Crippen LogP contribution in [0.4, 0.5) is 0 Å². The maximum Gasteiger partial charge on any atom is 0.276 e. The Balaban J connectivity index is 1.57. The molecule has 0 N–H and O–H groups in total. The van der Waals surface area contributed by atoms with Gasteiger partial charge in [0.15, 0.2) is 11.5 Å². The van der Waals surface area contributed by atoms with Crippen LogP contribution < -0.4 is 0 Å². The predicted molar refractivity (Wildman–Crippen MR) is 79.8 cm³/mol. The van der Waals surface area contributed by atoms with Gasteiger partial charge in [0.05, 0.1) is 12.2 Å². The molecule has 0 saturated heterocycles. The van der Waals surface area contributed by atoms with Crippen LogP contribution in [0.15, 0.2) is 59.3 Å². The van der Waals surface area contributed by atoms with Gasteiger partial charge < -0.3 is 9.42 Å². The minimum Gasteiger partial charge on any atom is -0.355 e. The molecule has 108 valence electrons.